The largest absolute Gasteiger partial charge is 0.0616 e. The molecule has 1 fully saturated rings. The van der Waals surface area contributed by atoms with Crippen molar-refractivity contribution >= 4 is 43.1 Å². The second-order valence-electron chi connectivity index (χ2n) is 11.2. The van der Waals surface area contributed by atoms with Crippen LogP contribution in [0.4, 0.5) is 0 Å². The lowest BCUT2D eigenvalue weighted by Crippen LogP contribution is -2.26. The second kappa shape index (κ2) is 7.68. The first-order valence-electron chi connectivity index (χ1n) is 13.7. The number of rotatable bonds is 0. The Hall–Kier alpha value is -3.64. The van der Waals surface area contributed by atoms with Crippen LogP contribution >= 0.6 is 0 Å². The van der Waals surface area contributed by atoms with Crippen molar-refractivity contribution in [1.82, 2.24) is 0 Å². The first-order valence-corrected chi connectivity index (χ1v) is 13.7. The Morgan fingerprint density at radius 3 is 1.89 bits per heavy atom. The lowest BCUT2D eigenvalue weighted by molar-refractivity contribution is 0.373. The summed E-state index contributed by atoms with van der Waals surface area (Å²) < 4.78 is 0. The van der Waals surface area contributed by atoms with Gasteiger partial charge in [-0.15, -0.1) is 0 Å². The molecule has 1 saturated carbocycles. The number of fused-ring (bicyclic) bond motifs is 11. The molecule has 0 amide bonds. The highest BCUT2D eigenvalue weighted by Gasteiger charge is 2.43. The van der Waals surface area contributed by atoms with Crippen molar-refractivity contribution in [2.75, 3.05) is 0 Å². The molecule has 0 nitrogen and oxygen atoms in total. The molecule has 0 aromatic heterocycles. The third-order valence-corrected chi connectivity index (χ3v) is 9.28. The molecule has 0 heterocycles. The summed E-state index contributed by atoms with van der Waals surface area (Å²) in [5.41, 5.74) is 6.29. The monoisotopic (exact) mass is 462 g/mol. The molecule has 2 aliphatic rings. The van der Waals surface area contributed by atoms with Crippen LogP contribution in [0.25, 0.3) is 54.2 Å². The van der Waals surface area contributed by atoms with E-state index in [-0.39, 0.29) is 5.41 Å². The lowest BCUT2D eigenvalue weighted by Gasteiger charge is -2.34. The Morgan fingerprint density at radius 2 is 1.06 bits per heavy atom. The predicted octanol–water partition coefficient (Wildman–Crippen LogP) is 10.3. The van der Waals surface area contributed by atoms with Gasteiger partial charge in [-0.25, -0.2) is 0 Å². The van der Waals surface area contributed by atoms with Crippen molar-refractivity contribution < 1.29 is 0 Å². The van der Waals surface area contributed by atoms with E-state index in [0.717, 1.165) is 0 Å². The topological polar surface area (TPSA) is 0 Å². The Bertz CT molecular complexity index is 1810. The zero-order valence-electron chi connectivity index (χ0n) is 20.7. The lowest BCUT2D eigenvalue weighted by atomic mass is 9.69. The molecule has 6 aromatic rings. The fourth-order valence-corrected chi connectivity index (χ4v) is 7.55. The van der Waals surface area contributed by atoms with Crippen LogP contribution in [0.1, 0.15) is 56.1 Å². The van der Waals surface area contributed by atoms with Crippen LogP contribution in [-0.2, 0) is 5.41 Å². The minimum atomic E-state index is 0.135. The quantitative estimate of drug-likeness (QED) is 0.156. The van der Waals surface area contributed by atoms with Gasteiger partial charge in [0.1, 0.15) is 0 Å². The van der Waals surface area contributed by atoms with Crippen molar-refractivity contribution in [3.63, 3.8) is 0 Å². The van der Waals surface area contributed by atoms with Gasteiger partial charge in [-0.05, 0) is 102 Å². The van der Waals surface area contributed by atoms with E-state index in [1.54, 1.807) is 11.1 Å². The van der Waals surface area contributed by atoms with Gasteiger partial charge in [0, 0.05) is 5.41 Å². The van der Waals surface area contributed by atoms with E-state index >= 15 is 0 Å². The second-order valence-corrected chi connectivity index (χ2v) is 11.2. The minimum Gasteiger partial charge on any atom is -0.0616 e. The summed E-state index contributed by atoms with van der Waals surface area (Å²) in [4.78, 5) is 0. The molecule has 0 atom stereocenters. The van der Waals surface area contributed by atoms with E-state index in [9.17, 15) is 0 Å². The fourth-order valence-electron chi connectivity index (χ4n) is 7.55. The van der Waals surface area contributed by atoms with E-state index in [1.165, 1.54) is 99.2 Å². The maximum Gasteiger partial charge on any atom is 0.0215 e. The normalized spacial score (nSPS) is 16.9. The van der Waals surface area contributed by atoms with E-state index < -0.39 is 0 Å². The number of benzene rings is 6. The first kappa shape index (κ1) is 20.5. The van der Waals surface area contributed by atoms with E-state index in [2.05, 4.69) is 97.1 Å². The molecule has 6 aromatic carbocycles. The van der Waals surface area contributed by atoms with Crippen LogP contribution in [0.15, 0.2) is 97.1 Å². The maximum absolute atomic E-state index is 2.60. The summed E-state index contributed by atoms with van der Waals surface area (Å²) >= 11 is 0. The van der Waals surface area contributed by atoms with Gasteiger partial charge in [0.2, 0.25) is 0 Å². The maximum atomic E-state index is 2.60. The highest BCUT2D eigenvalue weighted by molar-refractivity contribution is 6.13. The van der Waals surface area contributed by atoms with E-state index in [4.69, 9.17) is 0 Å². The standard InChI is InChI=1S/C36H30/c1-2-8-18-36(19-9-3-1)33-17-16-27-20-25-11-4-5-12-26(25)21-31(27)35(33)32-22-28-15-14-24-10-6-7-13-29(24)30(28)23-34(32)36/h4-7,10-17,20-23H,1-3,8-9,18-19H2. The molecule has 0 radical (unpaired) electrons. The van der Waals surface area contributed by atoms with Gasteiger partial charge < -0.3 is 0 Å². The van der Waals surface area contributed by atoms with Crippen LogP contribution in [0.3, 0.4) is 0 Å². The van der Waals surface area contributed by atoms with Gasteiger partial charge in [-0.3, -0.25) is 0 Å². The van der Waals surface area contributed by atoms with Crippen molar-refractivity contribution in [3.8, 4) is 11.1 Å². The Kier molecular flexibility index (Phi) is 4.38. The molecule has 0 saturated heterocycles. The summed E-state index contributed by atoms with van der Waals surface area (Å²) in [6.07, 6.45) is 9.29. The van der Waals surface area contributed by atoms with Gasteiger partial charge in [-0.1, -0.05) is 105 Å². The zero-order chi connectivity index (χ0) is 23.7. The molecule has 1 spiro atoms. The summed E-state index contributed by atoms with van der Waals surface area (Å²) in [6, 6.07) is 37.2. The van der Waals surface area contributed by atoms with Gasteiger partial charge in [0.15, 0.2) is 0 Å². The molecular weight excluding hydrogens is 432 g/mol. The molecule has 2 aliphatic carbocycles. The SMILES string of the molecule is c1ccc2cc3c4c(ccc3cc2c1)C1(CCCCCCC1)c1cc2c(ccc3ccccc32)cc1-4. The van der Waals surface area contributed by atoms with Gasteiger partial charge in [-0.2, -0.15) is 0 Å². The molecule has 174 valence electrons. The van der Waals surface area contributed by atoms with Crippen molar-refractivity contribution in [2.45, 2.75) is 50.4 Å². The van der Waals surface area contributed by atoms with E-state index in [0.29, 0.717) is 0 Å². The van der Waals surface area contributed by atoms with Crippen LogP contribution in [0, 0.1) is 0 Å². The highest BCUT2D eigenvalue weighted by atomic mass is 14.5. The van der Waals surface area contributed by atoms with Crippen LogP contribution in [-0.4, -0.2) is 0 Å². The van der Waals surface area contributed by atoms with Crippen molar-refractivity contribution in [2.24, 2.45) is 0 Å². The third kappa shape index (κ3) is 2.82. The Morgan fingerprint density at radius 1 is 0.417 bits per heavy atom. The molecule has 0 unspecified atom stereocenters. The van der Waals surface area contributed by atoms with Crippen molar-refractivity contribution in [1.29, 1.82) is 0 Å². The van der Waals surface area contributed by atoms with Crippen LogP contribution < -0.4 is 0 Å². The number of hydrogen-bond donors (Lipinski definition) is 0. The van der Waals surface area contributed by atoms with Gasteiger partial charge in [0.05, 0.1) is 0 Å². The van der Waals surface area contributed by atoms with E-state index in [1.807, 2.05) is 0 Å². The van der Waals surface area contributed by atoms with Crippen LogP contribution in [0.2, 0.25) is 0 Å². The average molecular weight is 463 g/mol. The Labute approximate surface area is 212 Å². The molecule has 36 heavy (non-hydrogen) atoms. The van der Waals surface area contributed by atoms with Crippen LogP contribution in [0.5, 0.6) is 0 Å². The number of hydrogen-bond acceptors (Lipinski definition) is 0. The zero-order valence-corrected chi connectivity index (χ0v) is 20.7. The molecule has 0 N–H and O–H groups in total. The molecule has 0 bridgehead atoms. The fraction of sp³-hybridized carbons (Fsp3) is 0.222. The van der Waals surface area contributed by atoms with Gasteiger partial charge >= 0.3 is 0 Å². The smallest absolute Gasteiger partial charge is 0.0215 e. The molecule has 0 aliphatic heterocycles. The van der Waals surface area contributed by atoms with Crippen molar-refractivity contribution in [3.05, 3.63) is 108 Å². The molecule has 8 rings (SSSR count). The summed E-state index contributed by atoms with van der Waals surface area (Å²) in [6.45, 7) is 0. The predicted molar refractivity (Wildman–Crippen MR) is 155 cm³/mol. The molecular formula is C36H30. The highest BCUT2D eigenvalue weighted by Crippen LogP contribution is 2.57. The average Bonchev–Trinajstić information content (AvgIpc) is 3.18. The van der Waals surface area contributed by atoms with Gasteiger partial charge in [0.25, 0.3) is 0 Å². The summed E-state index contributed by atoms with van der Waals surface area (Å²) in [7, 11) is 0. The minimum absolute atomic E-state index is 0.135. The Balaban J connectivity index is 1.51. The summed E-state index contributed by atoms with van der Waals surface area (Å²) in [5, 5.41) is 10.9. The summed E-state index contributed by atoms with van der Waals surface area (Å²) in [5.74, 6) is 0. The first-order chi connectivity index (χ1) is 17.8. The molecule has 0 heteroatoms. The third-order valence-electron chi connectivity index (χ3n) is 9.28.